The fourth-order valence-electron chi connectivity index (χ4n) is 5.15. The summed E-state index contributed by atoms with van der Waals surface area (Å²) >= 11 is 0. The second-order valence-electron chi connectivity index (χ2n) is 7.93. The average molecular weight is 375 g/mol. The van der Waals surface area contributed by atoms with Crippen LogP contribution in [0.3, 0.4) is 0 Å². The van der Waals surface area contributed by atoms with E-state index in [9.17, 15) is 4.79 Å². The monoisotopic (exact) mass is 374 g/mol. The molecule has 3 aliphatic heterocycles. The van der Waals surface area contributed by atoms with Gasteiger partial charge >= 0.3 is 6.03 Å². The maximum absolute atomic E-state index is 12.6. The Labute approximate surface area is 160 Å². The second kappa shape index (κ2) is 6.17. The summed E-state index contributed by atoms with van der Waals surface area (Å²) in [5, 5.41) is 1.27. The van der Waals surface area contributed by atoms with Crippen molar-refractivity contribution in [2.45, 2.75) is 37.3 Å². The number of fused-ring (bicyclic) bond motifs is 5. The molecule has 1 aromatic carbocycles. The third-order valence-corrected chi connectivity index (χ3v) is 6.80. The fraction of sp³-hybridized carbons (Fsp3) is 0.550. The van der Waals surface area contributed by atoms with E-state index < -0.39 is 0 Å². The summed E-state index contributed by atoms with van der Waals surface area (Å²) in [6.45, 7) is 2.99. The largest absolute Gasteiger partial charge is 1.00 e. The van der Waals surface area contributed by atoms with Crippen molar-refractivity contribution in [1.29, 1.82) is 0 Å². The van der Waals surface area contributed by atoms with Gasteiger partial charge in [0.25, 0.3) is 0 Å². The molecular weight excluding hydrogens is 350 g/mol. The smallest absolute Gasteiger partial charge is 0.319 e. The number of carbonyl (C=O) groups excluding carboxylic acids is 1. The molecule has 3 aliphatic rings. The van der Waals surface area contributed by atoms with E-state index in [1.54, 1.807) is 0 Å². The number of urea groups is 1. The number of hydrogen-bond donors (Lipinski definition) is 0. The van der Waals surface area contributed by atoms with E-state index >= 15 is 0 Å². The molecule has 0 N–H and O–H groups in total. The van der Waals surface area contributed by atoms with E-state index in [-0.39, 0.29) is 24.0 Å². The van der Waals surface area contributed by atoms with Gasteiger partial charge in [-0.15, -0.1) is 0 Å². The molecule has 0 saturated carbocycles. The van der Waals surface area contributed by atoms with Gasteiger partial charge in [0.2, 0.25) is 0 Å². The first kappa shape index (κ1) is 17.7. The van der Waals surface area contributed by atoms with Crippen LogP contribution >= 0.6 is 0 Å². The molecule has 2 saturated heterocycles. The number of furan rings is 1. The van der Waals surface area contributed by atoms with Crippen LogP contribution in [0.1, 0.15) is 36.6 Å². The molecule has 4 heterocycles. The molecule has 2 aromatic rings. The first-order chi connectivity index (χ1) is 12.1. The van der Waals surface area contributed by atoms with Crippen molar-refractivity contribution in [3.8, 4) is 0 Å². The number of piperidine rings is 1. The Hall–Kier alpha value is -1.72. The molecular formula is C20H25ClN3O2-. The van der Waals surface area contributed by atoms with Gasteiger partial charge in [-0.05, 0) is 31.7 Å². The van der Waals surface area contributed by atoms with Crippen LogP contribution in [0.5, 0.6) is 0 Å². The third-order valence-electron chi connectivity index (χ3n) is 6.80. The van der Waals surface area contributed by atoms with Gasteiger partial charge in [-0.3, -0.25) is 4.90 Å². The minimum atomic E-state index is -0.0294. The van der Waals surface area contributed by atoms with Crippen LogP contribution in [0.25, 0.3) is 11.0 Å². The summed E-state index contributed by atoms with van der Waals surface area (Å²) < 4.78 is 6.32. The standard InChI is InChI=1S/C20H25N3O2.ClH/c1-21-11-8-20(22(2)19(21)24)9-12-23-10-7-15-14-5-3-4-6-17(14)25-18(15)16(23)13-20;/h3-6,16H,7-13H2,1-2H3;1H/p-1/t16-,20+;/m0./s1. The Morgan fingerprint density at radius 3 is 2.73 bits per heavy atom. The summed E-state index contributed by atoms with van der Waals surface area (Å²) in [5.74, 6) is 1.14. The van der Waals surface area contributed by atoms with E-state index in [0.717, 1.165) is 56.7 Å². The normalized spacial score (nSPS) is 28.8. The van der Waals surface area contributed by atoms with Crippen molar-refractivity contribution in [3.63, 3.8) is 0 Å². The number of hydrogen-bond acceptors (Lipinski definition) is 3. The number of rotatable bonds is 0. The number of nitrogens with zero attached hydrogens (tertiary/aromatic N) is 3. The van der Waals surface area contributed by atoms with Gasteiger partial charge in [-0.25, -0.2) is 4.79 Å². The van der Waals surface area contributed by atoms with Crippen LogP contribution in [-0.2, 0) is 6.42 Å². The number of carbonyl (C=O) groups is 1. The zero-order valence-corrected chi connectivity index (χ0v) is 16.1. The van der Waals surface area contributed by atoms with E-state index in [4.69, 9.17) is 4.42 Å². The summed E-state index contributed by atoms with van der Waals surface area (Å²) in [5.41, 5.74) is 2.36. The number of amides is 2. The zero-order valence-electron chi connectivity index (χ0n) is 15.4. The minimum absolute atomic E-state index is 0. The van der Waals surface area contributed by atoms with Crippen molar-refractivity contribution in [1.82, 2.24) is 14.7 Å². The highest BCUT2D eigenvalue weighted by atomic mass is 35.5. The second-order valence-corrected chi connectivity index (χ2v) is 7.93. The Balaban J connectivity index is 0.00000168. The lowest BCUT2D eigenvalue weighted by Gasteiger charge is -2.54. The van der Waals surface area contributed by atoms with Gasteiger partial charge in [0.1, 0.15) is 11.3 Å². The van der Waals surface area contributed by atoms with Crippen molar-refractivity contribution >= 4 is 17.0 Å². The molecule has 1 spiro atoms. The Bertz CT molecular complexity index is 851. The molecule has 140 valence electrons. The van der Waals surface area contributed by atoms with Crippen LogP contribution in [0.15, 0.2) is 28.7 Å². The molecule has 0 unspecified atom stereocenters. The Morgan fingerprint density at radius 2 is 1.88 bits per heavy atom. The number of benzene rings is 1. The summed E-state index contributed by atoms with van der Waals surface area (Å²) in [6, 6.07) is 8.83. The van der Waals surface area contributed by atoms with E-state index in [0.29, 0.717) is 6.04 Å². The predicted octanol–water partition coefficient (Wildman–Crippen LogP) is 0.256. The van der Waals surface area contributed by atoms with Crippen LogP contribution in [0.4, 0.5) is 4.79 Å². The zero-order chi connectivity index (χ0) is 17.2. The lowest BCUT2D eigenvalue weighted by Crippen LogP contribution is -3.00. The molecule has 0 radical (unpaired) electrons. The lowest BCUT2D eigenvalue weighted by atomic mass is 9.76. The van der Waals surface area contributed by atoms with Crippen LogP contribution in [0.2, 0.25) is 0 Å². The summed E-state index contributed by atoms with van der Waals surface area (Å²) in [6.07, 6.45) is 4.16. The number of para-hydroxylation sites is 1. The molecule has 2 atom stereocenters. The SMILES string of the molecule is CN1CC[C@]2(CCN3CCc4c(oc5ccccc45)[C@@H]3C2)N(C)C1=O.[Cl-]. The summed E-state index contributed by atoms with van der Waals surface area (Å²) in [7, 11) is 3.88. The maximum Gasteiger partial charge on any atom is 0.319 e. The highest BCUT2D eigenvalue weighted by Crippen LogP contribution is 2.47. The molecule has 1 aromatic heterocycles. The molecule has 26 heavy (non-hydrogen) atoms. The molecule has 6 heteroatoms. The average Bonchev–Trinajstić information content (AvgIpc) is 3.03. The third kappa shape index (κ3) is 2.37. The predicted molar refractivity (Wildman–Crippen MR) is 96.6 cm³/mol. The van der Waals surface area contributed by atoms with Gasteiger partial charge in [-0.1, -0.05) is 18.2 Å². The summed E-state index contributed by atoms with van der Waals surface area (Å²) in [4.78, 5) is 19.0. The van der Waals surface area contributed by atoms with Gasteiger partial charge in [0.15, 0.2) is 0 Å². The Morgan fingerprint density at radius 1 is 1.12 bits per heavy atom. The van der Waals surface area contributed by atoms with Crippen LogP contribution < -0.4 is 12.4 Å². The van der Waals surface area contributed by atoms with Crippen LogP contribution in [0, 0.1) is 0 Å². The first-order valence-corrected chi connectivity index (χ1v) is 9.32. The van der Waals surface area contributed by atoms with Gasteiger partial charge in [0, 0.05) is 50.2 Å². The minimum Gasteiger partial charge on any atom is -1.00 e. The van der Waals surface area contributed by atoms with Crippen molar-refractivity contribution < 1.29 is 21.6 Å². The Kier molecular flexibility index (Phi) is 4.20. The first-order valence-electron chi connectivity index (χ1n) is 9.32. The van der Waals surface area contributed by atoms with Crippen LogP contribution in [-0.4, -0.2) is 60.0 Å². The topological polar surface area (TPSA) is 39.9 Å². The quantitative estimate of drug-likeness (QED) is 0.664. The van der Waals surface area contributed by atoms with Gasteiger partial charge in [0.05, 0.1) is 6.04 Å². The van der Waals surface area contributed by atoms with E-state index in [1.165, 1.54) is 10.9 Å². The van der Waals surface area contributed by atoms with Crippen molar-refractivity contribution in [3.05, 3.63) is 35.6 Å². The lowest BCUT2D eigenvalue weighted by molar-refractivity contribution is -0.0185. The fourth-order valence-corrected chi connectivity index (χ4v) is 5.15. The van der Waals surface area contributed by atoms with Crippen molar-refractivity contribution in [2.75, 3.05) is 33.7 Å². The highest BCUT2D eigenvalue weighted by Gasteiger charge is 2.49. The number of halogens is 1. The molecule has 5 rings (SSSR count). The van der Waals surface area contributed by atoms with Gasteiger partial charge < -0.3 is 26.6 Å². The molecule has 0 bridgehead atoms. The molecule has 0 aliphatic carbocycles. The molecule has 5 nitrogen and oxygen atoms in total. The van der Waals surface area contributed by atoms with E-state index in [1.807, 2.05) is 30.0 Å². The molecule has 2 fully saturated rings. The maximum atomic E-state index is 12.6. The van der Waals surface area contributed by atoms with Gasteiger partial charge in [-0.2, -0.15) is 0 Å². The highest BCUT2D eigenvalue weighted by molar-refractivity contribution is 5.82. The van der Waals surface area contributed by atoms with Crippen molar-refractivity contribution in [2.24, 2.45) is 0 Å². The van der Waals surface area contributed by atoms with E-state index in [2.05, 4.69) is 23.1 Å². The molecule has 2 amide bonds.